The molecule has 0 spiro atoms. The second-order valence-corrected chi connectivity index (χ2v) is 5.72. The van der Waals surface area contributed by atoms with Crippen molar-refractivity contribution < 1.29 is 14.1 Å². The number of carbonyl (C=O) groups excluding carboxylic acids is 2. The number of hydrogen-bond donors (Lipinski definition) is 1. The van der Waals surface area contributed by atoms with Crippen molar-refractivity contribution in [1.82, 2.24) is 10.2 Å². The van der Waals surface area contributed by atoms with Crippen LogP contribution in [0.5, 0.6) is 0 Å². The molecule has 92 valence electrons. The molecule has 1 heterocycles. The molecule has 1 rings (SSSR count). The molecular weight excluding hydrogens is 225 g/mol. The zero-order chi connectivity index (χ0) is 12.6. The Morgan fingerprint density at radius 2 is 1.94 bits per heavy atom. The van der Waals surface area contributed by atoms with Gasteiger partial charge in [-0.1, -0.05) is 9.24 Å². The number of imide groups is 1. The van der Waals surface area contributed by atoms with Crippen molar-refractivity contribution in [2.75, 3.05) is 33.5 Å². The number of likely N-dealkylation sites (N-methyl/N-ethyl adjacent to an activating group) is 1. The fourth-order valence-electron chi connectivity index (χ4n) is 1.48. The minimum absolute atomic E-state index is 0.138. The van der Waals surface area contributed by atoms with Crippen molar-refractivity contribution in [3.63, 3.8) is 0 Å². The number of hydrogen-bond acceptors (Lipinski definition) is 2. The van der Waals surface area contributed by atoms with E-state index in [0.717, 1.165) is 17.3 Å². The molecule has 0 aliphatic carbocycles. The first-order valence-electron chi connectivity index (χ1n) is 5.36. The van der Waals surface area contributed by atoms with Gasteiger partial charge in [-0.15, -0.1) is 0 Å². The van der Waals surface area contributed by atoms with Gasteiger partial charge in [0.2, 0.25) is 0 Å². The van der Waals surface area contributed by atoms with Gasteiger partial charge in [0.1, 0.15) is 5.54 Å². The first-order valence-corrected chi connectivity index (χ1v) is 6.17. The van der Waals surface area contributed by atoms with Crippen LogP contribution in [0.4, 0.5) is 4.79 Å². The normalized spacial score (nSPS) is 20.2. The van der Waals surface area contributed by atoms with Crippen molar-refractivity contribution in [2.45, 2.75) is 19.4 Å². The van der Waals surface area contributed by atoms with Crippen LogP contribution in [0.25, 0.3) is 0 Å². The third-order valence-corrected chi connectivity index (χ3v) is 3.86. The fraction of sp³-hybridized carbons (Fsp3) is 0.800. The minimum atomic E-state index is -0.755. The van der Waals surface area contributed by atoms with E-state index in [1.54, 1.807) is 13.8 Å². The van der Waals surface area contributed by atoms with Gasteiger partial charge in [-0.25, -0.2) is 4.79 Å². The average molecular weight is 246 g/mol. The molecule has 16 heavy (non-hydrogen) atoms. The highest BCUT2D eigenvalue weighted by Gasteiger charge is 2.44. The van der Waals surface area contributed by atoms with Gasteiger partial charge >= 0.3 is 6.03 Å². The van der Waals surface area contributed by atoms with E-state index in [4.69, 9.17) is 0 Å². The molecule has 0 aromatic carbocycles. The highest BCUT2D eigenvalue weighted by atomic mass is 31.0. The van der Waals surface area contributed by atoms with Crippen LogP contribution in [-0.2, 0) is 4.79 Å². The molecule has 0 radical (unpaired) electrons. The van der Waals surface area contributed by atoms with Crippen molar-refractivity contribution >= 4 is 21.2 Å². The Labute approximate surface area is 99.0 Å². The summed E-state index contributed by atoms with van der Waals surface area (Å²) in [7, 11) is 6.81. The molecule has 1 aliphatic heterocycles. The average Bonchev–Trinajstić information content (AvgIpc) is 2.35. The second-order valence-electron chi connectivity index (χ2n) is 5.35. The zero-order valence-electron chi connectivity index (χ0n) is 10.4. The summed E-state index contributed by atoms with van der Waals surface area (Å²) in [6.45, 7) is 4.68. The molecule has 6 heteroatoms. The summed E-state index contributed by atoms with van der Waals surface area (Å²) < 4.78 is 0.766. The molecule has 0 bridgehead atoms. The summed E-state index contributed by atoms with van der Waals surface area (Å²) in [4.78, 5) is 24.8. The van der Waals surface area contributed by atoms with E-state index in [2.05, 4.69) is 28.7 Å². The number of carbonyl (C=O) groups is 2. The van der Waals surface area contributed by atoms with E-state index >= 15 is 0 Å². The predicted molar refractivity (Wildman–Crippen MR) is 65.9 cm³/mol. The van der Waals surface area contributed by atoms with Crippen LogP contribution in [0.2, 0.25) is 0 Å². The number of urea groups is 1. The Balaban J connectivity index is 2.63. The zero-order valence-corrected chi connectivity index (χ0v) is 11.6. The molecule has 0 aromatic rings. The number of amides is 3. The lowest BCUT2D eigenvalue weighted by Gasteiger charge is -2.29. The lowest BCUT2D eigenvalue weighted by molar-refractivity contribution is -0.877. The van der Waals surface area contributed by atoms with Crippen molar-refractivity contribution in [2.24, 2.45) is 0 Å². The molecule has 1 saturated heterocycles. The van der Waals surface area contributed by atoms with Crippen LogP contribution < -0.4 is 5.32 Å². The SMILES string of the molecule is CC1(C)NC(=O)N(CC[N+](C)(C)CP)C1=O. The van der Waals surface area contributed by atoms with E-state index in [1.807, 2.05) is 0 Å². The van der Waals surface area contributed by atoms with Crippen molar-refractivity contribution in [1.29, 1.82) is 0 Å². The fourth-order valence-corrected chi connectivity index (χ4v) is 1.67. The summed E-state index contributed by atoms with van der Waals surface area (Å²) in [5.74, 6) is -0.138. The maximum Gasteiger partial charge on any atom is 0.325 e. The molecule has 1 atom stereocenters. The summed E-state index contributed by atoms with van der Waals surface area (Å²) in [6.07, 6.45) is 0.896. The van der Waals surface area contributed by atoms with E-state index in [0.29, 0.717) is 6.54 Å². The number of nitrogens with zero attached hydrogens (tertiary/aromatic N) is 2. The van der Waals surface area contributed by atoms with Gasteiger partial charge in [-0.3, -0.25) is 9.69 Å². The Hall–Kier alpha value is -0.670. The van der Waals surface area contributed by atoms with Gasteiger partial charge < -0.3 is 9.80 Å². The highest BCUT2D eigenvalue weighted by Crippen LogP contribution is 2.16. The number of nitrogens with one attached hydrogen (secondary N) is 1. The molecule has 1 fully saturated rings. The van der Waals surface area contributed by atoms with Gasteiger partial charge in [-0.2, -0.15) is 0 Å². The second kappa shape index (κ2) is 4.30. The van der Waals surface area contributed by atoms with Crippen LogP contribution in [0.1, 0.15) is 13.8 Å². The lowest BCUT2D eigenvalue weighted by Crippen LogP contribution is -2.46. The van der Waals surface area contributed by atoms with Crippen molar-refractivity contribution in [3.8, 4) is 0 Å². The van der Waals surface area contributed by atoms with Gasteiger partial charge in [0, 0.05) is 0 Å². The maximum atomic E-state index is 11.9. The monoisotopic (exact) mass is 246 g/mol. The molecule has 0 saturated carbocycles. The van der Waals surface area contributed by atoms with Crippen LogP contribution in [0.3, 0.4) is 0 Å². The largest absolute Gasteiger partial charge is 0.325 e. The third-order valence-electron chi connectivity index (χ3n) is 2.87. The van der Waals surface area contributed by atoms with Crippen LogP contribution in [0, 0.1) is 0 Å². The van der Waals surface area contributed by atoms with Gasteiger partial charge in [0.05, 0.1) is 33.5 Å². The Morgan fingerprint density at radius 1 is 1.38 bits per heavy atom. The van der Waals surface area contributed by atoms with E-state index < -0.39 is 5.54 Å². The maximum absolute atomic E-state index is 11.9. The molecular formula is C10H21N3O2P+. The summed E-state index contributed by atoms with van der Waals surface area (Å²) in [5.41, 5.74) is -0.755. The quantitative estimate of drug-likeness (QED) is 0.438. The Bertz CT molecular complexity index is 315. The van der Waals surface area contributed by atoms with E-state index in [-0.39, 0.29) is 11.9 Å². The highest BCUT2D eigenvalue weighted by molar-refractivity contribution is 7.16. The van der Waals surface area contributed by atoms with Crippen molar-refractivity contribution in [3.05, 3.63) is 0 Å². The lowest BCUT2D eigenvalue weighted by atomic mass is 10.1. The Kier molecular flexibility index (Phi) is 3.60. The first-order chi connectivity index (χ1) is 7.19. The first kappa shape index (κ1) is 13.4. The van der Waals surface area contributed by atoms with Gasteiger partial charge in [0.25, 0.3) is 5.91 Å². The predicted octanol–water partition coefficient (Wildman–Crippen LogP) is 0.226. The van der Waals surface area contributed by atoms with Gasteiger partial charge in [0.15, 0.2) is 0 Å². The molecule has 1 N–H and O–H groups in total. The summed E-state index contributed by atoms with van der Waals surface area (Å²) in [5, 5.41) is 2.67. The molecule has 0 aromatic heterocycles. The van der Waals surface area contributed by atoms with Crippen LogP contribution >= 0.6 is 9.24 Å². The van der Waals surface area contributed by atoms with E-state index in [9.17, 15) is 9.59 Å². The molecule has 1 unspecified atom stereocenters. The standard InChI is InChI=1S/C10H20N3O2P/c1-10(2)8(14)12(9(15)11-10)5-6-13(3,4)7-16/h5-7,16H2,1-4H3/p+1. The smallest absolute Gasteiger partial charge is 0.324 e. The molecule has 3 amide bonds. The minimum Gasteiger partial charge on any atom is -0.324 e. The van der Waals surface area contributed by atoms with E-state index in [1.165, 1.54) is 4.90 Å². The van der Waals surface area contributed by atoms with Crippen LogP contribution in [0.15, 0.2) is 0 Å². The number of rotatable bonds is 4. The topological polar surface area (TPSA) is 49.4 Å². The molecule has 5 nitrogen and oxygen atoms in total. The van der Waals surface area contributed by atoms with Gasteiger partial charge in [-0.05, 0) is 13.8 Å². The third kappa shape index (κ3) is 2.71. The van der Waals surface area contributed by atoms with Crippen LogP contribution in [-0.4, -0.2) is 60.3 Å². The molecule has 1 aliphatic rings. The Morgan fingerprint density at radius 3 is 2.31 bits per heavy atom. The number of quaternary nitrogens is 1. The summed E-state index contributed by atoms with van der Waals surface area (Å²) in [6, 6.07) is -0.279. The summed E-state index contributed by atoms with van der Waals surface area (Å²) >= 11 is 0.